The van der Waals surface area contributed by atoms with E-state index in [0.29, 0.717) is 6.54 Å². The number of hydrogen-bond acceptors (Lipinski definition) is 5. The number of anilines is 1. The van der Waals surface area contributed by atoms with E-state index in [9.17, 15) is 18.4 Å². The zero-order valence-corrected chi connectivity index (χ0v) is 13.8. The summed E-state index contributed by atoms with van der Waals surface area (Å²) >= 11 is 0. The second-order valence-electron chi connectivity index (χ2n) is 6.19. The van der Waals surface area contributed by atoms with E-state index in [4.69, 9.17) is 0 Å². The lowest BCUT2D eigenvalue weighted by molar-refractivity contribution is 0.145. The summed E-state index contributed by atoms with van der Waals surface area (Å²) < 4.78 is 27.8. The van der Waals surface area contributed by atoms with Gasteiger partial charge in [-0.15, -0.1) is 0 Å². The van der Waals surface area contributed by atoms with Gasteiger partial charge in [0, 0.05) is 38.8 Å². The first-order valence-corrected chi connectivity index (χ1v) is 8.08. The van der Waals surface area contributed by atoms with Crippen LogP contribution in [0.15, 0.2) is 34.1 Å². The zero-order valence-electron chi connectivity index (χ0n) is 13.8. The minimum Gasteiger partial charge on any atom is -0.355 e. The Bertz CT molecular complexity index is 856. The highest BCUT2D eigenvalue weighted by atomic mass is 19.3. The van der Waals surface area contributed by atoms with Crippen LogP contribution in [-0.2, 0) is 13.6 Å². The maximum atomic E-state index is 12.6. The van der Waals surface area contributed by atoms with Crippen LogP contribution in [0.1, 0.15) is 25.0 Å². The first-order chi connectivity index (χ1) is 11.9. The number of aryl methyl sites for hydroxylation is 1. The van der Waals surface area contributed by atoms with Crippen LogP contribution in [0.5, 0.6) is 0 Å². The molecule has 0 aromatic carbocycles. The van der Waals surface area contributed by atoms with Gasteiger partial charge in [-0.25, -0.2) is 18.4 Å². The molecule has 1 saturated heterocycles. The van der Waals surface area contributed by atoms with Crippen molar-refractivity contribution >= 4 is 5.82 Å². The van der Waals surface area contributed by atoms with Crippen molar-refractivity contribution in [2.24, 2.45) is 13.0 Å². The van der Waals surface area contributed by atoms with Gasteiger partial charge in [0.2, 0.25) is 0 Å². The van der Waals surface area contributed by atoms with Gasteiger partial charge in [0.15, 0.2) is 0 Å². The highest BCUT2D eigenvalue weighted by molar-refractivity contribution is 5.36. The van der Waals surface area contributed by atoms with Crippen LogP contribution in [0.2, 0.25) is 0 Å². The van der Waals surface area contributed by atoms with Crippen molar-refractivity contribution < 1.29 is 8.78 Å². The number of halogens is 2. The summed E-state index contributed by atoms with van der Waals surface area (Å²) in [6.45, 7) is 1.98. The highest BCUT2D eigenvalue weighted by Crippen LogP contribution is 2.22. The van der Waals surface area contributed by atoms with Crippen molar-refractivity contribution in [1.29, 1.82) is 0 Å². The van der Waals surface area contributed by atoms with Gasteiger partial charge < -0.3 is 4.90 Å². The number of piperidine rings is 1. The summed E-state index contributed by atoms with van der Waals surface area (Å²) in [6, 6.07) is 4.10. The van der Waals surface area contributed by atoms with E-state index in [1.54, 1.807) is 13.1 Å². The molecule has 9 heteroatoms. The lowest BCUT2D eigenvalue weighted by Crippen LogP contribution is -2.37. The molecular weight excluding hydrogens is 332 g/mol. The maximum Gasteiger partial charge on any atom is 0.280 e. The molecule has 25 heavy (non-hydrogen) atoms. The Labute approximate surface area is 142 Å². The van der Waals surface area contributed by atoms with Crippen molar-refractivity contribution in [3.63, 3.8) is 0 Å². The Hall–Kier alpha value is -2.58. The van der Waals surface area contributed by atoms with Crippen molar-refractivity contribution in [2.75, 3.05) is 18.0 Å². The molecule has 2 aromatic heterocycles. The van der Waals surface area contributed by atoms with E-state index >= 15 is 0 Å². The van der Waals surface area contributed by atoms with Gasteiger partial charge in [0.1, 0.15) is 11.5 Å². The fraction of sp³-hybridized carbons (Fsp3) is 0.500. The van der Waals surface area contributed by atoms with Crippen molar-refractivity contribution in [1.82, 2.24) is 19.3 Å². The first-order valence-electron chi connectivity index (χ1n) is 8.08. The van der Waals surface area contributed by atoms with E-state index in [2.05, 4.69) is 15.0 Å². The highest BCUT2D eigenvalue weighted by Gasteiger charge is 2.21. The molecule has 0 N–H and O–H groups in total. The first kappa shape index (κ1) is 17.2. The Morgan fingerprint density at radius 1 is 1.20 bits per heavy atom. The summed E-state index contributed by atoms with van der Waals surface area (Å²) in [6.07, 6.45) is 0.145. The summed E-state index contributed by atoms with van der Waals surface area (Å²) in [5.74, 6) is 1.02. The molecular formula is C16H19F2N5O2. The van der Waals surface area contributed by atoms with Gasteiger partial charge >= 0.3 is 0 Å². The number of nitrogens with zero attached hydrogens (tertiary/aromatic N) is 5. The van der Waals surface area contributed by atoms with Crippen LogP contribution in [-0.4, -0.2) is 32.4 Å². The smallest absolute Gasteiger partial charge is 0.280 e. The second-order valence-corrected chi connectivity index (χ2v) is 6.19. The fourth-order valence-corrected chi connectivity index (χ4v) is 2.98. The zero-order chi connectivity index (χ0) is 18.0. The fourth-order valence-electron chi connectivity index (χ4n) is 2.98. The van der Waals surface area contributed by atoms with E-state index in [1.807, 2.05) is 0 Å². The molecule has 1 aliphatic heterocycles. The Morgan fingerprint density at radius 2 is 1.92 bits per heavy atom. The summed E-state index contributed by atoms with van der Waals surface area (Å²) in [4.78, 5) is 29.1. The van der Waals surface area contributed by atoms with Gasteiger partial charge in [-0.3, -0.25) is 14.2 Å². The number of hydrogen-bond donors (Lipinski definition) is 0. The monoisotopic (exact) mass is 351 g/mol. The molecule has 0 bridgehead atoms. The molecule has 0 aliphatic carbocycles. The maximum absolute atomic E-state index is 12.6. The Morgan fingerprint density at radius 3 is 2.52 bits per heavy atom. The molecule has 0 atom stereocenters. The minimum absolute atomic E-state index is 0.155. The minimum atomic E-state index is -2.74. The summed E-state index contributed by atoms with van der Waals surface area (Å²) in [5.41, 5.74) is -1.10. The molecule has 3 heterocycles. The van der Waals surface area contributed by atoms with Gasteiger partial charge in [0.25, 0.3) is 17.5 Å². The van der Waals surface area contributed by atoms with Crippen molar-refractivity contribution in [3.8, 4) is 0 Å². The molecule has 2 aromatic rings. The standard InChI is InChI=1S/C16H19F2N5O2/c1-21-14(24)3-2-13(20-21)22-6-4-11(5-7-22)9-23-10-19-12(16(17)18)8-15(23)25/h2-3,8,10-11,16H,4-7,9H2,1H3. The number of aromatic nitrogens is 4. The molecule has 0 saturated carbocycles. The van der Waals surface area contributed by atoms with E-state index in [0.717, 1.165) is 37.8 Å². The molecule has 3 rings (SSSR count). The topological polar surface area (TPSA) is 73.0 Å². The predicted octanol–water partition coefficient (Wildman–Crippen LogP) is 1.19. The Kier molecular flexibility index (Phi) is 4.91. The lowest BCUT2D eigenvalue weighted by atomic mass is 9.96. The van der Waals surface area contributed by atoms with Crippen LogP contribution in [0.25, 0.3) is 0 Å². The average Bonchev–Trinajstić information content (AvgIpc) is 2.59. The molecule has 1 aliphatic rings. The van der Waals surface area contributed by atoms with Crippen LogP contribution in [0.3, 0.4) is 0 Å². The normalized spacial score (nSPS) is 15.8. The lowest BCUT2D eigenvalue weighted by Gasteiger charge is -2.32. The Balaban J connectivity index is 1.62. The largest absolute Gasteiger partial charge is 0.355 e. The third-order valence-corrected chi connectivity index (χ3v) is 4.46. The van der Waals surface area contributed by atoms with Gasteiger partial charge in [-0.1, -0.05) is 0 Å². The van der Waals surface area contributed by atoms with Crippen molar-refractivity contribution in [2.45, 2.75) is 25.8 Å². The van der Waals surface area contributed by atoms with Crippen LogP contribution < -0.4 is 16.0 Å². The van der Waals surface area contributed by atoms with Gasteiger partial charge in [0.05, 0.1) is 6.33 Å². The molecule has 7 nitrogen and oxygen atoms in total. The SMILES string of the molecule is Cn1nc(N2CCC(Cn3cnc(C(F)F)cc3=O)CC2)ccc1=O. The third-order valence-electron chi connectivity index (χ3n) is 4.46. The average molecular weight is 351 g/mol. The molecule has 134 valence electrons. The predicted molar refractivity (Wildman–Crippen MR) is 87.9 cm³/mol. The molecule has 0 unspecified atom stereocenters. The number of alkyl halides is 2. The molecule has 0 spiro atoms. The summed E-state index contributed by atoms with van der Waals surface area (Å²) in [5, 5.41) is 4.24. The van der Waals surface area contributed by atoms with Crippen molar-refractivity contribution in [3.05, 3.63) is 50.9 Å². The van der Waals surface area contributed by atoms with Crippen LogP contribution in [0.4, 0.5) is 14.6 Å². The van der Waals surface area contributed by atoms with Crippen LogP contribution in [0, 0.1) is 5.92 Å². The van der Waals surface area contributed by atoms with Gasteiger partial charge in [-0.05, 0) is 24.8 Å². The summed E-state index contributed by atoms with van der Waals surface area (Å²) in [7, 11) is 1.61. The van der Waals surface area contributed by atoms with Crippen LogP contribution >= 0.6 is 0 Å². The molecule has 1 fully saturated rings. The van der Waals surface area contributed by atoms with E-state index < -0.39 is 17.7 Å². The third kappa shape index (κ3) is 3.92. The quantitative estimate of drug-likeness (QED) is 0.827. The molecule has 0 amide bonds. The van der Waals surface area contributed by atoms with Gasteiger partial charge in [-0.2, -0.15) is 5.10 Å². The molecule has 0 radical (unpaired) electrons. The number of rotatable bonds is 4. The second kappa shape index (κ2) is 7.12. The van der Waals surface area contributed by atoms with E-state index in [-0.39, 0.29) is 11.5 Å². The van der Waals surface area contributed by atoms with E-state index in [1.165, 1.54) is 21.6 Å².